The summed E-state index contributed by atoms with van der Waals surface area (Å²) in [4.78, 5) is 7.95. The minimum Gasteiger partial charge on any atom is -0.338 e. The summed E-state index contributed by atoms with van der Waals surface area (Å²) in [5.41, 5.74) is 4.02. The number of aromatic nitrogens is 4. The minimum atomic E-state index is 0.842. The van der Waals surface area contributed by atoms with Gasteiger partial charge >= 0.3 is 0 Å². The first-order valence-electron chi connectivity index (χ1n) is 5.89. The summed E-state index contributed by atoms with van der Waals surface area (Å²) in [6.07, 6.45) is 3.76. The number of nitrogens with zero attached hydrogens (tertiary/aromatic N) is 3. The fraction of sp³-hybridized carbons (Fsp3) is 0. The van der Waals surface area contributed by atoms with Crippen LogP contribution in [0, 0.1) is 0 Å². The zero-order chi connectivity index (χ0) is 12.8. The van der Waals surface area contributed by atoms with Crippen LogP contribution in [0.25, 0.3) is 27.9 Å². The van der Waals surface area contributed by atoms with Crippen LogP contribution in [-0.2, 0) is 0 Å². The number of benzene rings is 1. The maximum Gasteiger partial charge on any atom is 0.142 e. The molecule has 0 atom stereocenters. The Balaban J connectivity index is 1.99. The Labute approximate surface area is 117 Å². The van der Waals surface area contributed by atoms with Crippen molar-refractivity contribution in [3.8, 4) is 11.4 Å². The second-order valence-corrected chi connectivity index (χ2v) is 5.25. The Morgan fingerprint density at radius 3 is 3.05 bits per heavy atom. The van der Waals surface area contributed by atoms with E-state index in [-0.39, 0.29) is 0 Å². The van der Waals surface area contributed by atoms with Gasteiger partial charge in [0.2, 0.25) is 0 Å². The van der Waals surface area contributed by atoms with Gasteiger partial charge in [-0.25, -0.2) is 9.50 Å². The van der Waals surface area contributed by atoms with Gasteiger partial charge in [-0.1, -0.05) is 22.0 Å². The van der Waals surface area contributed by atoms with Gasteiger partial charge in [0.25, 0.3) is 0 Å². The van der Waals surface area contributed by atoms with Gasteiger partial charge in [-0.3, -0.25) is 0 Å². The molecule has 0 aliphatic rings. The van der Waals surface area contributed by atoms with Crippen LogP contribution >= 0.6 is 15.9 Å². The highest BCUT2D eigenvalue weighted by molar-refractivity contribution is 9.10. The normalized spacial score (nSPS) is 11.4. The Bertz CT molecular complexity index is 891. The quantitative estimate of drug-likeness (QED) is 0.583. The molecule has 1 aromatic carbocycles. The Morgan fingerprint density at radius 1 is 1.16 bits per heavy atom. The van der Waals surface area contributed by atoms with E-state index in [9.17, 15) is 0 Å². The molecule has 1 N–H and O–H groups in total. The van der Waals surface area contributed by atoms with Gasteiger partial charge in [-0.2, -0.15) is 5.10 Å². The molecule has 5 heteroatoms. The first-order chi connectivity index (χ1) is 9.31. The van der Waals surface area contributed by atoms with Gasteiger partial charge in [0.15, 0.2) is 0 Å². The molecule has 0 bridgehead atoms. The van der Waals surface area contributed by atoms with Crippen LogP contribution in [-0.4, -0.2) is 19.6 Å². The standard InChI is InChI=1S/C14H9BrN4/c15-9-4-5-11-12(7-9)18-14(17-11)10-8-16-19-6-2-1-3-13(10)19/h1-8H,(H,17,18). The van der Waals surface area contributed by atoms with Crippen molar-refractivity contribution in [3.05, 3.63) is 53.3 Å². The third-order valence-electron chi connectivity index (χ3n) is 3.13. The van der Waals surface area contributed by atoms with E-state index < -0.39 is 0 Å². The summed E-state index contributed by atoms with van der Waals surface area (Å²) in [6, 6.07) is 12.0. The first-order valence-corrected chi connectivity index (χ1v) is 6.68. The summed E-state index contributed by atoms with van der Waals surface area (Å²) in [6.45, 7) is 0. The molecule has 0 fully saturated rings. The number of H-pyrrole nitrogens is 1. The predicted octanol–water partition coefficient (Wildman–Crippen LogP) is 3.64. The van der Waals surface area contributed by atoms with E-state index in [1.165, 1.54) is 0 Å². The van der Waals surface area contributed by atoms with Gasteiger partial charge < -0.3 is 4.98 Å². The largest absolute Gasteiger partial charge is 0.338 e. The van der Waals surface area contributed by atoms with Gasteiger partial charge in [0, 0.05) is 10.7 Å². The van der Waals surface area contributed by atoms with Crippen LogP contribution in [0.15, 0.2) is 53.3 Å². The van der Waals surface area contributed by atoms with Crippen molar-refractivity contribution in [1.29, 1.82) is 0 Å². The number of aromatic amines is 1. The van der Waals surface area contributed by atoms with Crippen LogP contribution in [0.5, 0.6) is 0 Å². The van der Waals surface area contributed by atoms with Gasteiger partial charge in [0.05, 0.1) is 28.3 Å². The first kappa shape index (κ1) is 10.8. The maximum absolute atomic E-state index is 4.62. The van der Waals surface area contributed by atoms with Crippen molar-refractivity contribution in [1.82, 2.24) is 19.6 Å². The molecule has 0 saturated carbocycles. The van der Waals surface area contributed by atoms with E-state index in [0.29, 0.717) is 0 Å². The van der Waals surface area contributed by atoms with Crippen molar-refractivity contribution < 1.29 is 0 Å². The van der Waals surface area contributed by atoms with Crippen molar-refractivity contribution in [2.24, 2.45) is 0 Å². The van der Waals surface area contributed by atoms with Crippen molar-refractivity contribution in [2.45, 2.75) is 0 Å². The highest BCUT2D eigenvalue weighted by atomic mass is 79.9. The molecular formula is C14H9BrN4. The molecule has 0 saturated heterocycles. The zero-order valence-corrected chi connectivity index (χ0v) is 11.4. The van der Waals surface area contributed by atoms with E-state index in [2.05, 4.69) is 31.0 Å². The molecule has 92 valence electrons. The average Bonchev–Trinajstić information content (AvgIpc) is 3.00. The summed E-state index contributed by atoms with van der Waals surface area (Å²) < 4.78 is 2.88. The molecule has 3 aromatic heterocycles. The molecular weight excluding hydrogens is 304 g/mol. The molecule has 4 nitrogen and oxygen atoms in total. The molecule has 0 radical (unpaired) electrons. The number of rotatable bonds is 1. The lowest BCUT2D eigenvalue weighted by atomic mass is 10.2. The molecule has 0 unspecified atom stereocenters. The van der Waals surface area contributed by atoms with E-state index in [4.69, 9.17) is 0 Å². The van der Waals surface area contributed by atoms with Crippen molar-refractivity contribution >= 4 is 32.5 Å². The second kappa shape index (κ2) is 3.93. The van der Waals surface area contributed by atoms with Gasteiger partial charge in [0.1, 0.15) is 5.82 Å². The molecule has 19 heavy (non-hydrogen) atoms. The number of hydrogen-bond donors (Lipinski definition) is 1. The SMILES string of the molecule is Brc1ccc2nc(-c3cnn4ccccc34)[nH]c2c1. The summed E-state index contributed by atoms with van der Waals surface area (Å²) in [5.74, 6) is 0.842. The van der Waals surface area contributed by atoms with Crippen LogP contribution in [0.1, 0.15) is 0 Å². The Morgan fingerprint density at radius 2 is 2.11 bits per heavy atom. The number of pyridine rings is 1. The van der Waals surface area contributed by atoms with E-state index in [1.54, 1.807) is 0 Å². The number of nitrogens with one attached hydrogen (secondary N) is 1. The molecule has 3 heterocycles. The van der Waals surface area contributed by atoms with E-state index in [1.807, 2.05) is 53.3 Å². The lowest BCUT2D eigenvalue weighted by Crippen LogP contribution is -1.84. The fourth-order valence-electron chi connectivity index (χ4n) is 2.23. The summed E-state index contributed by atoms with van der Waals surface area (Å²) in [5, 5.41) is 4.33. The van der Waals surface area contributed by atoms with Crippen LogP contribution in [0.2, 0.25) is 0 Å². The second-order valence-electron chi connectivity index (χ2n) is 4.34. The number of fused-ring (bicyclic) bond motifs is 2. The average molecular weight is 313 g/mol. The maximum atomic E-state index is 4.62. The van der Waals surface area contributed by atoms with Crippen LogP contribution in [0.3, 0.4) is 0 Å². The zero-order valence-electron chi connectivity index (χ0n) is 9.84. The topological polar surface area (TPSA) is 46.0 Å². The van der Waals surface area contributed by atoms with Gasteiger partial charge in [-0.15, -0.1) is 0 Å². The van der Waals surface area contributed by atoms with Crippen molar-refractivity contribution in [2.75, 3.05) is 0 Å². The number of hydrogen-bond acceptors (Lipinski definition) is 2. The summed E-state index contributed by atoms with van der Waals surface area (Å²) >= 11 is 3.47. The lowest BCUT2D eigenvalue weighted by Gasteiger charge is -1.93. The van der Waals surface area contributed by atoms with Crippen LogP contribution < -0.4 is 0 Å². The molecule has 0 aliphatic heterocycles. The third kappa shape index (κ3) is 1.66. The van der Waals surface area contributed by atoms with Crippen LogP contribution in [0.4, 0.5) is 0 Å². The highest BCUT2D eigenvalue weighted by Crippen LogP contribution is 2.25. The minimum absolute atomic E-state index is 0.842. The predicted molar refractivity (Wildman–Crippen MR) is 78.0 cm³/mol. The summed E-state index contributed by atoms with van der Waals surface area (Å²) in [7, 11) is 0. The lowest BCUT2D eigenvalue weighted by molar-refractivity contribution is 0.961. The third-order valence-corrected chi connectivity index (χ3v) is 3.62. The molecule has 0 aliphatic carbocycles. The van der Waals surface area contributed by atoms with Gasteiger partial charge in [-0.05, 0) is 30.3 Å². The fourth-order valence-corrected chi connectivity index (χ4v) is 2.59. The number of imidazole rings is 1. The monoisotopic (exact) mass is 312 g/mol. The van der Waals surface area contributed by atoms with E-state index in [0.717, 1.165) is 32.4 Å². The van der Waals surface area contributed by atoms with E-state index >= 15 is 0 Å². The highest BCUT2D eigenvalue weighted by Gasteiger charge is 2.10. The molecule has 0 spiro atoms. The Kier molecular flexibility index (Phi) is 2.22. The molecule has 4 rings (SSSR count). The molecule has 0 amide bonds. The molecule has 4 aromatic rings. The number of halogens is 1. The smallest absolute Gasteiger partial charge is 0.142 e. The Hall–Kier alpha value is -2.14. The van der Waals surface area contributed by atoms with Crippen molar-refractivity contribution in [3.63, 3.8) is 0 Å².